The van der Waals surface area contributed by atoms with Crippen LogP contribution in [0.2, 0.25) is 0 Å². The third kappa shape index (κ3) is 3.34. The number of nitrogen functional groups attached to an aromatic ring is 1. The van der Waals surface area contributed by atoms with Crippen molar-refractivity contribution >= 4 is 34.6 Å². The van der Waals surface area contributed by atoms with Crippen molar-refractivity contribution in [1.82, 2.24) is 24.5 Å². The zero-order chi connectivity index (χ0) is 21.4. The largest absolute Gasteiger partial charge is 0.497 e. The molecule has 0 fully saturated rings. The molecule has 0 bridgehead atoms. The lowest BCUT2D eigenvalue weighted by Gasteiger charge is -2.11. The number of carboxylic acids is 1. The van der Waals surface area contributed by atoms with E-state index in [-0.39, 0.29) is 17.5 Å². The molecule has 0 spiro atoms. The second-order valence-electron chi connectivity index (χ2n) is 6.58. The van der Waals surface area contributed by atoms with Crippen LogP contribution in [0.5, 0.6) is 5.75 Å². The number of nitrogens with one attached hydrogen (secondary N) is 1. The van der Waals surface area contributed by atoms with E-state index < -0.39 is 5.97 Å². The van der Waals surface area contributed by atoms with Crippen molar-refractivity contribution in [2.75, 3.05) is 18.2 Å². The van der Waals surface area contributed by atoms with E-state index in [4.69, 9.17) is 10.5 Å². The van der Waals surface area contributed by atoms with Crippen LogP contribution >= 0.6 is 0 Å². The van der Waals surface area contributed by atoms with Crippen LogP contribution in [0.1, 0.15) is 21.7 Å². The van der Waals surface area contributed by atoms with Crippen LogP contribution in [0.15, 0.2) is 36.4 Å². The van der Waals surface area contributed by atoms with Gasteiger partial charge in [-0.1, -0.05) is 6.07 Å². The van der Waals surface area contributed by atoms with Crippen molar-refractivity contribution in [3.63, 3.8) is 0 Å². The van der Waals surface area contributed by atoms with E-state index in [2.05, 4.69) is 25.3 Å². The van der Waals surface area contributed by atoms with Gasteiger partial charge in [0.2, 0.25) is 17.8 Å². The second kappa shape index (κ2) is 7.32. The first-order valence-corrected chi connectivity index (χ1v) is 9.02. The summed E-state index contributed by atoms with van der Waals surface area (Å²) in [7, 11) is 1.58. The predicted molar refractivity (Wildman–Crippen MR) is 112 cm³/mol. The number of aromatic carboxylic acids is 1. The maximum absolute atomic E-state index is 11.6. The van der Waals surface area contributed by atoms with E-state index in [9.17, 15) is 9.90 Å². The molecular weight excluding hydrogens is 386 g/mol. The van der Waals surface area contributed by atoms with Crippen LogP contribution in [-0.2, 0) is 0 Å². The Balaban J connectivity index is 1.97. The second-order valence-corrected chi connectivity index (χ2v) is 6.58. The highest BCUT2D eigenvalue weighted by Crippen LogP contribution is 2.30. The number of nitrogens with zero attached hydrogens (tertiary/aromatic N) is 5. The predicted octanol–water partition coefficient (Wildman–Crippen LogP) is 2.86. The summed E-state index contributed by atoms with van der Waals surface area (Å²) >= 11 is 0. The number of aryl methyl sites for hydroxylation is 2. The fourth-order valence-electron chi connectivity index (χ4n) is 3.21. The highest BCUT2D eigenvalue weighted by Gasteiger charge is 2.20. The molecule has 2 heterocycles. The average Bonchev–Trinajstić information content (AvgIpc) is 3.06. The fraction of sp³-hybridized carbons (Fsp3) is 0.150. The number of benzene rings is 2. The molecule has 0 aliphatic heterocycles. The van der Waals surface area contributed by atoms with Crippen LogP contribution in [-0.4, -0.2) is 42.7 Å². The molecule has 0 amide bonds. The number of carboxylic acid groups (broad SMARTS) is 1. The van der Waals surface area contributed by atoms with Gasteiger partial charge in [-0.25, -0.2) is 14.3 Å². The lowest BCUT2D eigenvalue weighted by atomic mass is 10.1. The number of rotatable bonds is 5. The van der Waals surface area contributed by atoms with Gasteiger partial charge in [0.05, 0.1) is 23.7 Å². The molecule has 10 nitrogen and oxygen atoms in total. The first kappa shape index (κ1) is 19.1. The van der Waals surface area contributed by atoms with Crippen molar-refractivity contribution in [2.45, 2.75) is 13.8 Å². The van der Waals surface area contributed by atoms with Gasteiger partial charge in [-0.05, 0) is 43.7 Å². The zero-order valence-corrected chi connectivity index (χ0v) is 16.5. The smallest absolute Gasteiger partial charge is 0.336 e. The summed E-state index contributed by atoms with van der Waals surface area (Å²) in [5.41, 5.74) is 8.41. The maximum atomic E-state index is 11.6. The number of imidazole rings is 1. The Morgan fingerprint density at radius 3 is 2.63 bits per heavy atom. The van der Waals surface area contributed by atoms with Crippen LogP contribution < -0.4 is 15.8 Å². The van der Waals surface area contributed by atoms with Gasteiger partial charge in [-0.2, -0.15) is 15.0 Å². The Labute approximate surface area is 171 Å². The minimum atomic E-state index is -1.02. The monoisotopic (exact) mass is 405 g/mol. The summed E-state index contributed by atoms with van der Waals surface area (Å²) in [6, 6.07) is 10.5. The van der Waals surface area contributed by atoms with Crippen LogP contribution in [0.25, 0.3) is 17.0 Å². The van der Waals surface area contributed by atoms with Gasteiger partial charge >= 0.3 is 5.97 Å². The summed E-state index contributed by atoms with van der Waals surface area (Å²) in [5.74, 6) is 0.846. The van der Waals surface area contributed by atoms with E-state index in [1.807, 2.05) is 24.3 Å². The number of hydrogen-bond acceptors (Lipinski definition) is 8. The van der Waals surface area contributed by atoms with Crippen molar-refractivity contribution < 1.29 is 14.6 Å². The van der Waals surface area contributed by atoms with Crippen molar-refractivity contribution in [3.05, 3.63) is 53.3 Å². The quantitative estimate of drug-likeness (QED) is 0.457. The van der Waals surface area contributed by atoms with Crippen LogP contribution in [0, 0.1) is 13.8 Å². The van der Waals surface area contributed by atoms with Gasteiger partial charge in [0.15, 0.2) is 0 Å². The van der Waals surface area contributed by atoms with Gasteiger partial charge in [0, 0.05) is 11.8 Å². The van der Waals surface area contributed by atoms with Crippen molar-refractivity contribution in [3.8, 4) is 11.7 Å². The van der Waals surface area contributed by atoms with E-state index in [1.165, 1.54) is 6.07 Å². The summed E-state index contributed by atoms with van der Waals surface area (Å²) < 4.78 is 6.96. The molecule has 152 valence electrons. The molecule has 0 unspecified atom stereocenters. The molecule has 2 aromatic heterocycles. The zero-order valence-electron chi connectivity index (χ0n) is 16.5. The van der Waals surface area contributed by atoms with E-state index in [0.29, 0.717) is 34.1 Å². The lowest BCUT2D eigenvalue weighted by molar-refractivity contribution is 0.0696. The first-order valence-electron chi connectivity index (χ1n) is 9.02. The van der Waals surface area contributed by atoms with E-state index >= 15 is 0 Å². The van der Waals surface area contributed by atoms with Gasteiger partial charge in [0.25, 0.3) is 0 Å². The first-order chi connectivity index (χ1) is 14.4. The molecule has 2 aromatic carbocycles. The van der Waals surface area contributed by atoms with Gasteiger partial charge in [-0.3, -0.25) is 0 Å². The maximum Gasteiger partial charge on any atom is 0.336 e. The number of methoxy groups -OCH3 is 1. The minimum absolute atomic E-state index is 0.0746. The SMILES string of the molecule is COc1cccc(Nc2nc3c(C)c(C(=O)O)ccc3n2-c2nc(C)nc(N)n2)c1. The molecule has 30 heavy (non-hydrogen) atoms. The topological polar surface area (TPSA) is 141 Å². The van der Waals surface area contributed by atoms with Crippen molar-refractivity contribution in [1.29, 1.82) is 0 Å². The molecule has 0 saturated heterocycles. The number of aromatic nitrogens is 5. The lowest BCUT2D eigenvalue weighted by Crippen LogP contribution is -2.10. The molecule has 4 rings (SSSR count). The summed E-state index contributed by atoms with van der Waals surface area (Å²) in [5, 5.41) is 12.7. The number of anilines is 3. The summed E-state index contributed by atoms with van der Waals surface area (Å²) in [4.78, 5) is 28.9. The molecule has 0 aliphatic rings. The summed E-state index contributed by atoms with van der Waals surface area (Å²) in [6.45, 7) is 3.43. The number of nitrogens with two attached hydrogens (primary N) is 1. The molecule has 0 saturated carbocycles. The highest BCUT2D eigenvalue weighted by atomic mass is 16.5. The Morgan fingerprint density at radius 2 is 1.93 bits per heavy atom. The normalized spacial score (nSPS) is 10.9. The van der Waals surface area contributed by atoms with Crippen molar-refractivity contribution in [2.24, 2.45) is 0 Å². The standard InChI is InChI=1S/C20H19N7O3/c1-10-14(17(28)29)7-8-15-16(10)25-20(24-12-5-4-6-13(9-12)30-3)27(15)19-23-11(2)22-18(21)26-19/h4-9H,1-3H3,(H,24,25)(H,28,29)(H2,21,22,23,26). The number of ether oxygens (including phenoxy) is 1. The van der Waals surface area contributed by atoms with Crippen LogP contribution in [0.4, 0.5) is 17.6 Å². The molecule has 0 aliphatic carbocycles. The number of carbonyl (C=O) groups is 1. The molecule has 4 N–H and O–H groups in total. The third-order valence-electron chi connectivity index (χ3n) is 4.59. The highest BCUT2D eigenvalue weighted by molar-refractivity contribution is 5.96. The third-order valence-corrected chi connectivity index (χ3v) is 4.59. The Kier molecular flexibility index (Phi) is 4.66. The average molecular weight is 405 g/mol. The van der Waals surface area contributed by atoms with Gasteiger partial charge in [-0.15, -0.1) is 0 Å². The number of hydrogen-bond donors (Lipinski definition) is 3. The Bertz CT molecular complexity index is 1260. The fourth-order valence-corrected chi connectivity index (χ4v) is 3.21. The Morgan fingerprint density at radius 1 is 1.13 bits per heavy atom. The van der Waals surface area contributed by atoms with E-state index in [1.54, 1.807) is 31.6 Å². The molecule has 10 heteroatoms. The van der Waals surface area contributed by atoms with Gasteiger partial charge in [0.1, 0.15) is 11.6 Å². The van der Waals surface area contributed by atoms with E-state index in [0.717, 1.165) is 5.69 Å². The van der Waals surface area contributed by atoms with Crippen LogP contribution in [0.3, 0.4) is 0 Å². The summed E-state index contributed by atoms with van der Waals surface area (Å²) in [6.07, 6.45) is 0. The Hall–Kier alpha value is -4.21. The molecular formula is C20H19N7O3. The molecule has 0 atom stereocenters. The minimum Gasteiger partial charge on any atom is -0.497 e. The molecule has 0 radical (unpaired) electrons. The molecule has 4 aromatic rings. The van der Waals surface area contributed by atoms with Gasteiger partial charge < -0.3 is 20.9 Å². The number of fused-ring (bicyclic) bond motifs is 1.